The van der Waals surface area contributed by atoms with Crippen molar-refractivity contribution in [2.45, 2.75) is 31.9 Å². The quantitative estimate of drug-likeness (QED) is 0.418. The molecule has 4 aromatic rings. The molecule has 8 nitrogen and oxygen atoms in total. The van der Waals surface area contributed by atoms with Crippen molar-refractivity contribution in [1.29, 1.82) is 5.26 Å². The number of amides is 1. The van der Waals surface area contributed by atoms with Crippen LogP contribution in [0, 0.1) is 11.3 Å². The fourth-order valence-corrected chi connectivity index (χ4v) is 5.93. The minimum absolute atomic E-state index is 0.0510. The number of nitriles is 1. The molecule has 2 N–H and O–H groups in total. The van der Waals surface area contributed by atoms with Crippen molar-refractivity contribution >= 4 is 56.8 Å². The second kappa shape index (κ2) is 8.85. The molecule has 0 radical (unpaired) electrons. The summed E-state index contributed by atoms with van der Waals surface area (Å²) < 4.78 is 0.971. The molecule has 1 saturated carbocycles. The lowest BCUT2D eigenvalue weighted by Gasteiger charge is -2.37. The number of halogens is 1. The molecular weight excluding hydrogens is 496 g/mol. The molecule has 0 spiro atoms. The Morgan fingerprint density at radius 2 is 2.09 bits per heavy atom. The van der Waals surface area contributed by atoms with Crippen LogP contribution in [0.1, 0.15) is 39.4 Å². The third kappa shape index (κ3) is 3.58. The Labute approximate surface area is 205 Å². The molecule has 34 heavy (non-hydrogen) atoms. The molecule has 172 valence electrons. The number of nitrogens with one attached hydrogen (secondary N) is 1. The molecule has 11 heteroatoms. The molecule has 1 amide bonds. The number of nitrogens with zero attached hydrogens (tertiary/aromatic N) is 3. The van der Waals surface area contributed by atoms with Gasteiger partial charge in [-0.2, -0.15) is 5.26 Å². The number of benzene rings is 1. The van der Waals surface area contributed by atoms with E-state index in [-0.39, 0.29) is 40.2 Å². The second-order valence-corrected chi connectivity index (χ2v) is 10.1. The summed E-state index contributed by atoms with van der Waals surface area (Å²) in [5.74, 6) is -0.310. The monoisotopic (exact) mass is 512 g/mol. The van der Waals surface area contributed by atoms with Gasteiger partial charge in [0, 0.05) is 21.7 Å². The molecular formula is C23H17ClN4O4S2. The highest BCUT2D eigenvalue weighted by Gasteiger charge is 2.33. The Morgan fingerprint density at radius 3 is 2.76 bits per heavy atom. The summed E-state index contributed by atoms with van der Waals surface area (Å²) >= 11 is 8.76. The van der Waals surface area contributed by atoms with E-state index in [1.165, 1.54) is 17.4 Å². The number of thiophene rings is 2. The van der Waals surface area contributed by atoms with Crippen molar-refractivity contribution in [2.24, 2.45) is 0 Å². The van der Waals surface area contributed by atoms with E-state index >= 15 is 0 Å². The van der Waals surface area contributed by atoms with Crippen molar-refractivity contribution in [3.8, 4) is 11.8 Å². The predicted molar refractivity (Wildman–Crippen MR) is 132 cm³/mol. The molecule has 1 aliphatic rings. The fraction of sp³-hybridized carbons (Fsp3) is 0.217. The summed E-state index contributed by atoms with van der Waals surface area (Å²) in [6.45, 7) is -0.318. The van der Waals surface area contributed by atoms with Crippen molar-refractivity contribution in [3.05, 3.63) is 76.2 Å². The zero-order chi connectivity index (χ0) is 24.0. The molecule has 0 bridgehead atoms. The Kier molecular flexibility index (Phi) is 5.87. The van der Waals surface area contributed by atoms with Crippen LogP contribution in [0.2, 0.25) is 5.02 Å². The van der Waals surface area contributed by atoms with Crippen LogP contribution in [0.15, 0.2) is 44.6 Å². The van der Waals surface area contributed by atoms with Gasteiger partial charge in [-0.1, -0.05) is 17.7 Å². The number of rotatable bonds is 5. The summed E-state index contributed by atoms with van der Waals surface area (Å²) in [7, 11) is 0. The van der Waals surface area contributed by atoms with Crippen molar-refractivity contribution in [3.63, 3.8) is 0 Å². The first-order valence-corrected chi connectivity index (χ1v) is 12.6. The zero-order valence-electron chi connectivity index (χ0n) is 17.6. The summed E-state index contributed by atoms with van der Waals surface area (Å²) in [5, 5.41) is 22.6. The molecule has 0 atom stereocenters. The molecule has 1 fully saturated rings. The molecule has 3 heterocycles. The fourth-order valence-electron chi connectivity index (χ4n) is 4.03. The SMILES string of the molecule is N#Cc1cccc(N(C(=O)c2cc(-n3c(=O)[nH]c4csc(CO)c4c3=O)cs2)C2CCC2)c1Cl. The maximum atomic E-state index is 13.6. The highest BCUT2D eigenvalue weighted by Crippen LogP contribution is 2.37. The van der Waals surface area contributed by atoms with Gasteiger partial charge >= 0.3 is 5.69 Å². The third-order valence-corrected chi connectivity index (χ3v) is 8.22. The number of carbonyl (C=O) groups excluding carboxylic acids is 1. The van der Waals surface area contributed by atoms with Gasteiger partial charge in [0.05, 0.1) is 44.3 Å². The third-order valence-electron chi connectivity index (χ3n) is 5.94. The summed E-state index contributed by atoms with van der Waals surface area (Å²) in [5.41, 5.74) is 0.202. The lowest BCUT2D eigenvalue weighted by molar-refractivity contribution is 0.0968. The number of aromatic nitrogens is 2. The number of anilines is 1. The van der Waals surface area contributed by atoms with Gasteiger partial charge in [0.1, 0.15) is 6.07 Å². The molecule has 3 aromatic heterocycles. The predicted octanol–water partition coefficient (Wildman–Crippen LogP) is 4.02. The Morgan fingerprint density at radius 1 is 1.29 bits per heavy atom. The minimum atomic E-state index is -0.628. The van der Waals surface area contributed by atoms with Gasteiger partial charge in [-0.3, -0.25) is 9.59 Å². The summed E-state index contributed by atoms with van der Waals surface area (Å²) in [4.78, 5) is 44.5. The number of aliphatic hydroxyl groups excluding tert-OH is 1. The van der Waals surface area contributed by atoms with Crippen LogP contribution in [0.3, 0.4) is 0 Å². The Balaban J connectivity index is 1.58. The first-order valence-electron chi connectivity index (χ1n) is 10.4. The molecule has 1 aromatic carbocycles. The Hall–Kier alpha value is -3.23. The first-order chi connectivity index (χ1) is 16.4. The van der Waals surface area contributed by atoms with Gasteiger partial charge < -0.3 is 15.0 Å². The number of fused-ring (bicyclic) bond motifs is 1. The van der Waals surface area contributed by atoms with Gasteiger partial charge in [0.25, 0.3) is 11.5 Å². The molecule has 0 aliphatic heterocycles. The minimum Gasteiger partial charge on any atom is -0.391 e. The molecule has 0 saturated heterocycles. The van der Waals surface area contributed by atoms with Crippen LogP contribution in [-0.2, 0) is 6.61 Å². The van der Waals surface area contributed by atoms with Gasteiger partial charge in [0.2, 0.25) is 0 Å². The summed E-state index contributed by atoms with van der Waals surface area (Å²) in [6.07, 6.45) is 2.61. The van der Waals surface area contributed by atoms with Crippen molar-refractivity contribution in [1.82, 2.24) is 9.55 Å². The van der Waals surface area contributed by atoms with Gasteiger partial charge in [0.15, 0.2) is 0 Å². The van der Waals surface area contributed by atoms with Gasteiger partial charge in [-0.25, -0.2) is 9.36 Å². The highest BCUT2D eigenvalue weighted by molar-refractivity contribution is 7.12. The van der Waals surface area contributed by atoms with Crippen molar-refractivity contribution < 1.29 is 9.90 Å². The van der Waals surface area contributed by atoms with E-state index in [1.807, 2.05) is 6.07 Å². The van der Waals surface area contributed by atoms with Crippen LogP contribution in [0.4, 0.5) is 5.69 Å². The van der Waals surface area contributed by atoms with Crippen LogP contribution in [0.5, 0.6) is 0 Å². The second-order valence-electron chi connectivity index (χ2n) is 7.86. The van der Waals surface area contributed by atoms with Crippen LogP contribution in [0.25, 0.3) is 16.6 Å². The van der Waals surface area contributed by atoms with Gasteiger partial charge in [-0.05, 0) is 37.5 Å². The topological polar surface area (TPSA) is 119 Å². The number of aromatic amines is 1. The molecule has 5 rings (SSSR count). The normalized spacial score (nSPS) is 13.6. The molecule has 1 aliphatic carbocycles. The number of hydrogen-bond donors (Lipinski definition) is 2. The van der Waals surface area contributed by atoms with Crippen LogP contribution < -0.4 is 16.1 Å². The largest absolute Gasteiger partial charge is 0.391 e. The first kappa shape index (κ1) is 22.6. The van der Waals surface area contributed by atoms with E-state index in [9.17, 15) is 24.8 Å². The average molecular weight is 513 g/mol. The lowest BCUT2D eigenvalue weighted by atomic mass is 9.90. The van der Waals surface area contributed by atoms with Crippen LogP contribution in [-0.4, -0.2) is 26.6 Å². The maximum Gasteiger partial charge on any atom is 0.333 e. The standard InChI is InChI=1S/C23H17ClN4O4S2/c24-20-12(8-25)3-1-6-16(20)27(13-4-2-5-13)21(30)17-7-14(10-33-17)28-22(31)19-15(26-23(28)32)11-34-18(19)9-29/h1,3,6-7,10-11,13,29H,2,4-5,9H2,(H,26,32). The van der Waals surface area contributed by atoms with Gasteiger partial charge in [-0.15, -0.1) is 22.7 Å². The molecule has 0 unspecified atom stereocenters. The van der Waals surface area contributed by atoms with Crippen LogP contribution >= 0.6 is 34.3 Å². The smallest absolute Gasteiger partial charge is 0.333 e. The van der Waals surface area contributed by atoms with E-state index < -0.39 is 11.2 Å². The maximum absolute atomic E-state index is 13.6. The number of aliphatic hydroxyl groups is 1. The zero-order valence-corrected chi connectivity index (χ0v) is 20.0. The lowest BCUT2D eigenvalue weighted by Crippen LogP contribution is -2.44. The summed E-state index contributed by atoms with van der Waals surface area (Å²) in [6, 6.07) is 8.50. The Bertz CT molecular complexity index is 1590. The number of carbonyl (C=O) groups is 1. The number of hydrogen-bond acceptors (Lipinski definition) is 7. The van der Waals surface area contributed by atoms with Crippen molar-refractivity contribution in [2.75, 3.05) is 4.90 Å². The van der Waals surface area contributed by atoms with E-state index in [2.05, 4.69) is 4.98 Å². The van der Waals surface area contributed by atoms with E-state index in [0.29, 0.717) is 21.0 Å². The highest BCUT2D eigenvalue weighted by atomic mass is 35.5. The van der Waals surface area contributed by atoms with E-state index in [1.54, 1.807) is 33.9 Å². The van der Waals surface area contributed by atoms with E-state index in [4.69, 9.17) is 11.6 Å². The number of H-pyrrole nitrogens is 1. The van der Waals surface area contributed by atoms with E-state index in [0.717, 1.165) is 35.2 Å². The average Bonchev–Trinajstić information content (AvgIpc) is 3.43.